The predicted molar refractivity (Wildman–Crippen MR) is 66.2 cm³/mol. The van der Waals surface area contributed by atoms with Crippen molar-refractivity contribution in [3.05, 3.63) is 52.2 Å². The minimum atomic E-state index is 0.892. The molecule has 1 aromatic carbocycles. The average Bonchev–Trinajstić information content (AvgIpc) is 2.80. The van der Waals surface area contributed by atoms with Crippen LogP contribution in [0.15, 0.2) is 41.8 Å². The lowest BCUT2D eigenvalue weighted by Crippen LogP contribution is -1.81. The first-order valence-electron chi connectivity index (χ1n) is 4.74. The van der Waals surface area contributed by atoms with Crippen molar-refractivity contribution < 1.29 is 4.74 Å². The molecule has 0 saturated carbocycles. The maximum Gasteiger partial charge on any atom is 0.118 e. The third-order valence-electron chi connectivity index (χ3n) is 2.10. The van der Waals surface area contributed by atoms with Crippen LogP contribution in [0.25, 0.3) is 12.2 Å². The molecular formula is C13H12OS. The van der Waals surface area contributed by atoms with Crippen LogP contribution in [0, 0.1) is 0 Å². The van der Waals surface area contributed by atoms with Gasteiger partial charge in [-0.05, 0) is 35.2 Å². The molecule has 1 nitrogen and oxygen atoms in total. The highest BCUT2D eigenvalue weighted by atomic mass is 32.1. The molecule has 1 heterocycles. The minimum Gasteiger partial charge on any atom is -0.497 e. The second-order valence-electron chi connectivity index (χ2n) is 3.12. The van der Waals surface area contributed by atoms with Gasteiger partial charge in [-0.3, -0.25) is 0 Å². The first-order valence-corrected chi connectivity index (χ1v) is 5.62. The Labute approximate surface area is 93.6 Å². The van der Waals surface area contributed by atoms with E-state index >= 15 is 0 Å². The topological polar surface area (TPSA) is 9.23 Å². The molecule has 2 aromatic rings. The lowest BCUT2D eigenvalue weighted by molar-refractivity contribution is 0.415. The molecule has 0 aliphatic heterocycles. The molecule has 0 bridgehead atoms. The molecule has 0 radical (unpaired) electrons. The van der Waals surface area contributed by atoms with E-state index < -0.39 is 0 Å². The van der Waals surface area contributed by atoms with Gasteiger partial charge >= 0.3 is 0 Å². The zero-order valence-electron chi connectivity index (χ0n) is 8.51. The van der Waals surface area contributed by atoms with Crippen LogP contribution < -0.4 is 4.74 Å². The SMILES string of the molecule is COc1ccc(/C=C\c2cccs2)cc1. The molecule has 2 rings (SSSR count). The average molecular weight is 216 g/mol. The maximum absolute atomic E-state index is 5.10. The largest absolute Gasteiger partial charge is 0.497 e. The standard InChI is InChI=1S/C13H12OS/c1-14-12-7-4-11(5-8-12)6-9-13-3-2-10-15-13/h2-10H,1H3/b9-6-. The van der Waals surface area contributed by atoms with Crippen molar-refractivity contribution in [1.29, 1.82) is 0 Å². The van der Waals surface area contributed by atoms with E-state index in [9.17, 15) is 0 Å². The number of hydrogen-bond donors (Lipinski definition) is 0. The van der Waals surface area contributed by atoms with Gasteiger partial charge in [0.05, 0.1) is 7.11 Å². The van der Waals surface area contributed by atoms with Crippen molar-refractivity contribution in [2.75, 3.05) is 7.11 Å². The van der Waals surface area contributed by atoms with Crippen LogP contribution in [0.1, 0.15) is 10.4 Å². The van der Waals surface area contributed by atoms with E-state index in [0.717, 1.165) is 5.75 Å². The van der Waals surface area contributed by atoms with Gasteiger partial charge in [0, 0.05) is 4.88 Å². The molecule has 0 N–H and O–H groups in total. The molecule has 0 fully saturated rings. The highest BCUT2D eigenvalue weighted by molar-refractivity contribution is 7.10. The van der Waals surface area contributed by atoms with Crippen LogP contribution in [-0.4, -0.2) is 7.11 Å². The van der Waals surface area contributed by atoms with E-state index in [0.29, 0.717) is 0 Å². The Morgan fingerprint density at radius 1 is 1.07 bits per heavy atom. The van der Waals surface area contributed by atoms with Gasteiger partial charge in [-0.15, -0.1) is 11.3 Å². The Morgan fingerprint density at radius 3 is 2.47 bits per heavy atom. The summed E-state index contributed by atoms with van der Waals surface area (Å²) in [6.45, 7) is 0. The van der Waals surface area contributed by atoms with Gasteiger partial charge in [0.1, 0.15) is 5.75 Å². The summed E-state index contributed by atoms with van der Waals surface area (Å²) in [4.78, 5) is 1.27. The van der Waals surface area contributed by atoms with Gasteiger partial charge in [-0.2, -0.15) is 0 Å². The van der Waals surface area contributed by atoms with Crippen LogP contribution in [0.4, 0.5) is 0 Å². The van der Waals surface area contributed by atoms with Gasteiger partial charge in [0.25, 0.3) is 0 Å². The van der Waals surface area contributed by atoms with E-state index in [2.05, 4.69) is 29.7 Å². The second kappa shape index (κ2) is 4.80. The van der Waals surface area contributed by atoms with Crippen molar-refractivity contribution in [3.8, 4) is 5.75 Å². The summed E-state index contributed by atoms with van der Waals surface area (Å²) >= 11 is 1.74. The quantitative estimate of drug-likeness (QED) is 0.755. The molecule has 0 atom stereocenters. The zero-order valence-corrected chi connectivity index (χ0v) is 9.33. The van der Waals surface area contributed by atoms with E-state index in [1.807, 2.05) is 24.3 Å². The Kier molecular flexibility index (Phi) is 3.20. The first-order chi connectivity index (χ1) is 7.38. The fourth-order valence-corrected chi connectivity index (χ4v) is 1.90. The van der Waals surface area contributed by atoms with Crippen molar-refractivity contribution in [1.82, 2.24) is 0 Å². The number of ether oxygens (including phenoxy) is 1. The van der Waals surface area contributed by atoms with Crippen molar-refractivity contribution in [3.63, 3.8) is 0 Å². The Hall–Kier alpha value is -1.54. The lowest BCUT2D eigenvalue weighted by Gasteiger charge is -1.98. The highest BCUT2D eigenvalue weighted by Gasteiger charge is 1.90. The third kappa shape index (κ3) is 2.70. The first kappa shape index (κ1) is 9.99. The van der Waals surface area contributed by atoms with Crippen molar-refractivity contribution in [2.45, 2.75) is 0 Å². The number of rotatable bonds is 3. The predicted octanol–water partition coefficient (Wildman–Crippen LogP) is 3.93. The highest BCUT2D eigenvalue weighted by Crippen LogP contribution is 2.15. The molecule has 0 saturated heterocycles. The van der Waals surface area contributed by atoms with Crippen molar-refractivity contribution >= 4 is 23.5 Å². The smallest absolute Gasteiger partial charge is 0.118 e. The molecule has 2 heteroatoms. The van der Waals surface area contributed by atoms with Crippen LogP contribution in [-0.2, 0) is 0 Å². The normalized spacial score (nSPS) is 10.7. The fourth-order valence-electron chi connectivity index (χ4n) is 1.28. The summed E-state index contributed by atoms with van der Waals surface area (Å²) in [7, 11) is 1.68. The molecule has 1 aromatic heterocycles. The number of hydrogen-bond acceptors (Lipinski definition) is 2. The minimum absolute atomic E-state index is 0.892. The number of benzene rings is 1. The van der Waals surface area contributed by atoms with Gasteiger partial charge in [-0.25, -0.2) is 0 Å². The maximum atomic E-state index is 5.10. The van der Waals surface area contributed by atoms with Crippen molar-refractivity contribution in [2.24, 2.45) is 0 Å². The summed E-state index contributed by atoms with van der Waals surface area (Å²) in [6.07, 6.45) is 4.22. The van der Waals surface area contributed by atoms with Gasteiger partial charge < -0.3 is 4.74 Å². The van der Waals surface area contributed by atoms with E-state index in [-0.39, 0.29) is 0 Å². The summed E-state index contributed by atoms with van der Waals surface area (Å²) in [5.41, 5.74) is 1.18. The Bertz CT molecular complexity index is 426. The van der Waals surface area contributed by atoms with E-state index in [4.69, 9.17) is 4.74 Å². The molecule has 0 aliphatic rings. The van der Waals surface area contributed by atoms with Crippen LogP contribution in [0.2, 0.25) is 0 Å². The summed E-state index contributed by atoms with van der Waals surface area (Å²) < 4.78 is 5.10. The fraction of sp³-hybridized carbons (Fsp3) is 0.0769. The summed E-state index contributed by atoms with van der Waals surface area (Å²) in [6, 6.07) is 12.2. The molecule has 15 heavy (non-hydrogen) atoms. The van der Waals surface area contributed by atoms with Crippen LogP contribution >= 0.6 is 11.3 Å². The van der Waals surface area contributed by atoms with Gasteiger partial charge in [0.2, 0.25) is 0 Å². The molecule has 76 valence electrons. The summed E-state index contributed by atoms with van der Waals surface area (Å²) in [5.74, 6) is 0.892. The van der Waals surface area contributed by atoms with Gasteiger partial charge in [0.15, 0.2) is 0 Å². The second-order valence-corrected chi connectivity index (χ2v) is 4.10. The monoisotopic (exact) mass is 216 g/mol. The van der Waals surface area contributed by atoms with Crippen LogP contribution in [0.5, 0.6) is 5.75 Å². The number of methoxy groups -OCH3 is 1. The lowest BCUT2D eigenvalue weighted by atomic mass is 10.2. The number of thiophene rings is 1. The molecule has 0 spiro atoms. The molecule has 0 aliphatic carbocycles. The van der Waals surface area contributed by atoms with Gasteiger partial charge in [-0.1, -0.05) is 24.3 Å². The summed E-state index contributed by atoms with van der Waals surface area (Å²) in [5, 5.41) is 2.08. The molecule has 0 unspecified atom stereocenters. The van der Waals surface area contributed by atoms with E-state index in [1.165, 1.54) is 10.4 Å². The van der Waals surface area contributed by atoms with Crippen LogP contribution in [0.3, 0.4) is 0 Å². The molecular weight excluding hydrogens is 204 g/mol. The molecule has 0 amide bonds. The zero-order chi connectivity index (χ0) is 10.5. The van der Waals surface area contributed by atoms with E-state index in [1.54, 1.807) is 18.4 Å². The Morgan fingerprint density at radius 2 is 1.87 bits per heavy atom. The third-order valence-corrected chi connectivity index (χ3v) is 2.94. The Balaban J connectivity index is 2.11.